The summed E-state index contributed by atoms with van der Waals surface area (Å²) >= 11 is 0. The number of hydrogen-bond donors (Lipinski definition) is 2. The van der Waals surface area contributed by atoms with Crippen LogP contribution in [0.25, 0.3) is 0 Å². The fourth-order valence-corrected chi connectivity index (χ4v) is 4.20. The molecule has 1 aliphatic rings. The lowest BCUT2D eigenvalue weighted by atomic mass is 9.85. The second kappa shape index (κ2) is 11.0. The van der Waals surface area contributed by atoms with Crippen molar-refractivity contribution in [3.05, 3.63) is 30.0 Å². The van der Waals surface area contributed by atoms with Crippen molar-refractivity contribution in [2.45, 2.75) is 38.3 Å². The molecular formula is C23H35N5O3. The summed E-state index contributed by atoms with van der Waals surface area (Å²) in [6, 6.07) is 6.22. The molecule has 0 radical (unpaired) electrons. The van der Waals surface area contributed by atoms with E-state index in [2.05, 4.69) is 32.5 Å². The molecule has 0 amide bonds. The predicted molar refractivity (Wildman–Crippen MR) is 124 cm³/mol. The molecule has 170 valence electrons. The average Bonchev–Trinajstić information content (AvgIpc) is 2.83. The van der Waals surface area contributed by atoms with Crippen LogP contribution in [0.15, 0.2) is 24.4 Å². The number of rotatable bonds is 10. The number of anilines is 2. The smallest absolute Gasteiger partial charge is 0.227 e. The van der Waals surface area contributed by atoms with Gasteiger partial charge in [0, 0.05) is 44.5 Å². The highest BCUT2D eigenvalue weighted by Gasteiger charge is 2.25. The van der Waals surface area contributed by atoms with Crippen LogP contribution in [0, 0.1) is 5.92 Å². The second-order valence-corrected chi connectivity index (χ2v) is 7.93. The lowest BCUT2D eigenvalue weighted by Gasteiger charge is -2.35. The Morgan fingerprint density at radius 1 is 1.00 bits per heavy atom. The standard InChI is InChI=1S/C23H35N5O3/c1-24-22-10-11-26-23(27-22)28(2)18-8-6-16(7-9-18)14-25-15-17-12-20(30-4)21(31-5)13-19(17)29-3/h10-13,16,18,25H,6-9,14-15H2,1-5H3,(H,24,26,27). The molecule has 1 aromatic carbocycles. The summed E-state index contributed by atoms with van der Waals surface area (Å²) in [6.07, 6.45) is 6.49. The summed E-state index contributed by atoms with van der Waals surface area (Å²) < 4.78 is 16.3. The normalized spacial score (nSPS) is 18.4. The van der Waals surface area contributed by atoms with Crippen LogP contribution in [-0.4, -0.2) is 58.0 Å². The third kappa shape index (κ3) is 5.70. The van der Waals surface area contributed by atoms with Gasteiger partial charge in [-0.15, -0.1) is 0 Å². The van der Waals surface area contributed by atoms with Gasteiger partial charge in [0.25, 0.3) is 0 Å². The third-order valence-corrected chi connectivity index (χ3v) is 6.11. The van der Waals surface area contributed by atoms with Crippen LogP contribution in [0.3, 0.4) is 0 Å². The molecule has 8 heteroatoms. The molecule has 3 rings (SSSR count). The molecule has 0 spiro atoms. The first kappa shape index (κ1) is 22.9. The van der Waals surface area contributed by atoms with Gasteiger partial charge >= 0.3 is 0 Å². The molecule has 0 saturated heterocycles. The SMILES string of the molecule is CNc1ccnc(N(C)C2CCC(CNCc3cc(OC)c(OC)cc3OC)CC2)n1. The summed E-state index contributed by atoms with van der Waals surface area (Å²) in [5.41, 5.74) is 1.06. The minimum absolute atomic E-state index is 0.481. The molecule has 0 bridgehead atoms. The summed E-state index contributed by atoms with van der Waals surface area (Å²) in [7, 11) is 8.94. The fraction of sp³-hybridized carbons (Fsp3) is 0.565. The minimum Gasteiger partial charge on any atom is -0.496 e. The van der Waals surface area contributed by atoms with E-state index >= 15 is 0 Å². The molecule has 1 aromatic heterocycles. The van der Waals surface area contributed by atoms with Crippen LogP contribution in [0.5, 0.6) is 17.2 Å². The zero-order valence-electron chi connectivity index (χ0n) is 19.3. The highest BCUT2D eigenvalue weighted by molar-refractivity contribution is 5.50. The Morgan fingerprint density at radius 2 is 1.68 bits per heavy atom. The molecule has 0 atom stereocenters. The van der Waals surface area contributed by atoms with Crippen LogP contribution in [0.1, 0.15) is 31.2 Å². The van der Waals surface area contributed by atoms with Gasteiger partial charge < -0.3 is 29.7 Å². The first-order chi connectivity index (χ1) is 15.1. The van der Waals surface area contributed by atoms with Gasteiger partial charge in [-0.05, 0) is 50.3 Å². The second-order valence-electron chi connectivity index (χ2n) is 7.93. The molecule has 1 saturated carbocycles. The molecule has 1 aliphatic carbocycles. The number of aromatic nitrogens is 2. The van der Waals surface area contributed by atoms with Gasteiger partial charge in [0.1, 0.15) is 11.6 Å². The topological polar surface area (TPSA) is 80.8 Å². The Balaban J connectivity index is 1.49. The predicted octanol–water partition coefficient (Wildman–Crippen LogP) is 3.33. The first-order valence-electron chi connectivity index (χ1n) is 10.8. The quantitative estimate of drug-likeness (QED) is 0.595. The maximum Gasteiger partial charge on any atom is 0.227 e. The van der Waals surface area contributed by atoms with Gasteiger partial charge in [-0.1, -0.05) is 0 Å². The van der Waals surface area contributed by atoms with Crippen molar-refractivity contribution in [1.29, 1.82) is 0 Å². The van der Waals surface area contributed by atoms with Crippen LogP contribution >= 0.6 is 0 Å². The Morgan fingerprint density at radius 3 is 2.32 bits per heavy atom. The van der Waals surface area contributed by atoms with E-state index in [0.29, 0.717) is 23.5 Å². The highest BCUT2D eigenvalue weighted by Crippen LogP contribution is 2.35. The molecule has 31 heavy (non-hydrogen) atoms. The molecular weight excluding hydrogens is 394 g/mol. The van der Waals surface area contributed by atoms with Crippen LogP contribution in [-0.2, 0) is 6.54 Å². The van der Waals surface area contributed by atoms with Crippen molar-refractivity contribution in [1.82, 2.24) is 15.3 Å². The maximum absolute atomic E-state index is 5.53. The van der Waals surface area contributed by atoms with Gasteiger partial charge in [0.05, 0.1) is 21.3 Å². The Kier molecular flexibility index (Phi) is 8.17. The van der Waals surface area contributed by atoms with Gasteiger partial charge in [-0.25, -0.2) is 4.98 Å². The molecule has 8 nitrogen and oxygen atoms in total. The molecule has 2 N–H and O–H groups in total. The zero-order valence-corrected chi connectivity index (χ0v) is 19.3. The Hall–Kier alpha value is -2.74. The van der Waals surface area contributed by atoms with Crippen molar-refractivity contribution >= 4 is 11.8 Å². The molecule has 0 unspecified atom stereocenters. The lowest BCUT2D eigenvalue weighted by Crippen LogP contribution is -2.38. The van der Waals surface area contributed by atoms with E-state index in [1.54, 1.807) is 21.3 Å². The zero-order chi connectivity index (χ0) is 22.2. The van der Waals surface area contributed by atoms with E-state index in [-0.39, 0.29) is 0 Å². The maximum atomic E-state index is 5.53. The summed E-state index contributed by atoms with van der Waals surface area (Å²) in [6.45, 7) is 1.72. The third-order valence-electron chi connectivity index (χ3n) is 6.11. The van der Waals surface area contributed by atoms with Crippen LogP contribution in [0.4, 0.5) is 11.8 Å². The highest BCUT2D eigenvalue weighted by atomic mass is 16.5. The number of hydrogen-bond acceptors (Lipinski definition) is 8. The van der Waals surface area contributed by atoms with Crippen molar-refractivity contribution in [3.63, 3.8) is 0 Å². The van der Waals surface area contributed by atoms with Gasteiger partial charge in [0.15, 0.2) is 11.5 Å². The van der Waals surface area contributed by atoms with Gasteiger partial charge in [-0.2, -0.15) is 4.98 Å². The van der Waals surface area contributed by atoms with Crippen molar-refractivity contribution in [2.24, 2.45) is 5.92 Å². The van der Waals surface area contributed by atoms with Crippen molar-refractivity contribution in [2.75, 3.05) is 52.2 Å². The minimum atomic E-state index is 0.481. The summed E-state index contributed by atoms with van der Waals surface area (Å²) in [4.78, 5) is 11.2. The van der Waals surface area contributed by atoms with Crippen molar-refractivity contribution in [3.8, 4) is 17.2 Å². The molecule has 2 aromatic rings. The molecule has 1 heterocycles. The van der Waals surface area contributed by atoms with E-state index in [4.69, 9.17) is 14.2 Å². The number of methoxy groups -OCH3 is 3. The summed E-state index contributed by atoms with van der Waals surface area (Å²) in [5.74, 6) is 4.50. The average molecular weight is 430 g/mol. The largest absolute Gasteiger partial charge is 0.496 e. The van der Waals surface area contributed by atoms with Crippen LogP contribution in [0.2, 0.25) is 0 Å². The van der Waals surface area contributed by atoms with E-state index < -0.39 is 0 Å². The van der Waals surface area contributed by atoms with Gasteiger partial charge in [0.2, 0.25) is 5.95 Å². The monoisotopic (exact) mass is 429 g/mol. The van der Waals surface area contributed by atoms with Gasteiger partial charge in [-0.3, -0.25) is 0 Å². The van der Waals surface area contributed by atoms with E-state index in [0.717, 1.165) is 49.0 Å². The van der Waals surface area contributed by atoms with E-state index in [9.17, 15) is 0 Å². The first-order valence-corrected chi connectivity index (χ1v) is 10.8. The number of benzene rings is 1. The number of ether oxygens (including phenoxy) is 3. The molecule has 1 fully saturated rings. The number of nitrogens with one attached hydrogen (secondary N) is 2. The van der Waals surface area contributed by atoms with E-state index in [1.165, 1.54) is 12.8 Å². The molecule has 0 aliphatic heterocycles. The van der Waals surface area contributed by atoms with E-state index in [1.807, 2.05) is 31.4 Å². The fourth-order valence-electron chi connectivity index (χ4n) is 4.20. The van der Waals surface area contributed by atoms with Crippen molar-refractivity contribution < 1.29 is 14.2 Å². The summed E-state index contributed by atoms with van der Waals surface area (Å²) in [5, 5.41) is 6.68. The Bertz CT molecular complexity index is 840. The lowest BCUT2D eigenvalue weighted by molar-refractivity contribution is 0.306. The Labute approximate surface area is 185 Å². The number of nitrogens with zero attached hydrogens (tertiary/aromatic N) is 3. The van der Waals surface area contributed by atoms with Crippen LogP contribution < -0.4 is 29.7 Å².